The predicted octanol–water partition coefficient (Wildman–Crippen LogP) is 0.406. The summed E-state index contributed by atoms with van der Waals surface area (Å²) >= 11 is 0. The lowest BCUT2D eigenvalue weighted by Crippen LogP contribution is -2.59. The van der Waals surface area contributed by atoms with Gasteiger partial charge in [0, 0.05) is 13.1 Å². The monoisotopic (exact) mass is 256 g/mol. The molecule has 3 N–H and O–H groups in total. The van der Waals surface area contributed by atoms with Gasteiger partial charge < -0.3 is 20.4 Å². The molecule has 0 aromatic carbocycles. The van der Waals surface area contributed by atoms with Crippen LogP contribution in [0.1, 0.15) is 32.6 Å². The highest BCUT2D eigenvalue weighted by molar-refractivity contribution is 5.86. The summed E-state index contributed by atoms with van der Waals surface area (Å²) in [4.78, 5) is 24.8. The molecule has 2 rings (SSSR count). The second kappa shape index (κ2) is 4.76. The van der Waals surface area contributed by atoms with Crippen molar-refractivity contribution in [3.8, 4) is 0 Å². The van der Waals surface area contributed by atoms with E-state index in [9.17, 15) is 19.8 Å². The van der Waals surface area contributed by atoms with Crippen molar-refractivity contribution in [3.05, 3.63) is 0 Å². The molecule has 1 heterocycles. The number of aliphatic hydroxyl groups is 1. The maximum atomic E-state index is 12.0. The number of aliphatic carboxylic acids is 1. The second-order valence-corrected chi connectivity index (χ2v) is 5.45. The van der Waals surface area contributed by atoms with Gasteiger partial charge in [-0.3, -0.25) is 0 Å². The Morgan fingerprint density at radius 3 is 2.50 bits per heavy atom. The van der Waals surface area contributed by atoms with E-state index in [1.165, 1.54) is 4.90 Å². The van der Waals surface area contributed by atoms with Crippen molar-refractivity contribution in [3.63, 3.8) is 0 Å². The van der Waals surface area contributed by atoms with Crippen molar-refractivity contribution in [1.29, 1.82) is 0 Å². The molecule has 2 aliphatic rings. The van der Waals surface area contributed by atoms with Crippen LogP contribution in [0.5, 0.6) is 0 Å². The maximum absolute atomic E-state index is 12.0. The molecule has 2 fully saturated rings. The molecular formula is C12H20N2O4. The first kappa shape index (κ1) is 13.1. The van der Waals surface area contributed by atoms with Crippen LogP contribution in [-0.2, 0) is 4.79 Å². The molecular weight excluding hydrogens is 236 g/mol. The van der Waals surface area contributed by atoms with Crippen LogP contribution in [0.3, 0.4) is 0 Å². The van der Waals surface area contributed by atoms with E-state index in [2.05, 4.69) is 5.32 Å². The third-order valence-electron chi connectivity index (χ3n) is 3.89. The van der Waals surface area contributed by atoms with E-state index in [4.69, 9.17) is 0 Å². The summed E-state index contributed by atoms with van der Waals surface area (Å²) in [6, 6.07) is -0.384. The Balaban J connectivity index is 1.98. The number of likely N-dealkylation sites (tertiary alicyclic amines) is 1. The van der Waals surface area contributed by atoms with Gasteiger partial charge in [-0.25, -0.2) is 9.59 Å². The Labute approximate surface area is 106 Å². The molecule has 2 amide bonds. The fourth-order valence-corrected chi connectivity index (χ4v) is 2.43. The number of carboxylic acids is 1. The summed E-state index contributed by atoms with van der Waals surface area (Å²) in [6.07, 6.45) is 2.63. The zero-order chi connectivity index (χ0) is 13.3. The van der Waals surface area contributed by atoms with Gasteiger partial charge in [-0.15, -0.1) is 0 Å². The number of carboxylic acid groups (broad SMARTS) is 1. The van der Waals surface area contributed by atoms with Crippen molar-refractivity contribution < 1.29 is 19.8 Å². The van der Waals surface area contributed by atoms with Crippen molar-refractivity contribution in [2.45, 2.75) is 44.2 Å². The van der Waals surface area contributed by atoms with Crippen LogP contribution in [0.4, 0.5) is 4.79 Å². The second-order valence-electron chi connectivity index (χ2n) is 5.45. The Morgan fingerprint density at radius 2 is 2.00 bits per heavy atom. The van der Waals surface area contributed by atoms with Gasteiger partial charge in [0.1, 0.15) is 5.54 Å². The van der Waals surface area contributed by atoms with E-state index in [0.29, 0.717) is 13.0 Å². The minimum atomic E-state index is -1.18. The highest BCUT2D eigenvalue weighted by Gasteiger charge is 2.49. The van der Waals surface area contributed by atoms with E-state index >= 15 is 0 Å². The van der Waals surface area contributed by atoms with Crippen molar-refractivity contribution in [1.82, 2.24) is 10.2 Å². The van der Waals surface area contributed by atoms with Crippen LogP contribution in [0.15, 0.2) is 0 Å². The molecule has 1 saturated carbocycles. The zero-order valence-corrected chi connectivity index (χ0v) is 10.6. The number of rotatable bonds is 3. The lowest BCUT2D eigenvalue weighted by atomic mass is 9.96. The molecule has 6 nitrogen and oxygen atoms in total. The molecule has 2 atom stereocenters. The van der Waals surface area contributed by atoms with E-state index < -0.39 is 17.6 Å². The lowest BCUT2D eigenvalue weighted by Gasteiger charge is -2.34. The van der Waals surface area contributed by atoms with Gasteiger partial charge in [-0.1, -0.05) is 0 Å². The molecule has 0 aromatic heterocycles. The minimum absolute atomic E-state index is 0.0219. The first-order chi connectivity index (χ1) is 8.43. The molecule has 1 aliphatic heterocycles. The summed E-state index contributed by atoms with van der Waals surface area (Å²) in [5.41, 5.74) is -1.18. The van der Waals surface area contributed by atoms with Gasteiger partial charge in [-0.2, -0.15) is 0 Å². The largest absolute Gasteiger partial charge is 0.480 e. The topological polar surface area (TPSA) is 89.9 Å². The average molecular weight is 256 g/mol. The number of aliphatic hydroxyl groups excluding tert-OH is 1. The van der Waals surface area contributed by atoms with Gasteiger partial charge >= 0.3 is 12.0 Å². The van der Waals surface area contributed by atoms with Gasteiger partial charge in [0.15, 0.2) is 0 Å². The first-order valence-electron chi connectivity index (χ1n) is 6.42. The van der Waals surface area contributed by atoms with Crippen LogP contribution in [0, 0.1) is 5.92 Å². The number of nitrogens with one attached hydrogen (secondary N) is 1. The van der Waals surface area contributed by atoms with Gasteiger partial charge in [-0.05, 0) is 38.5 Å². The fourth-order valence-electron chi connectivity index (χ4n) is 2.43. The smallest absolute Gasteiger partial charge is 0.329 e. The third kappa shape index (κ3) is 2.58. The molecule has 0 bridgehead atoms. The number of hydrogen-bond acceptors (Lipinski definition) is 3. The number of hydrogen-bond donors (Lipinski definition) is 3. The van der Waals surface area contributed by atoms with E-state index in [-0.39, 0.29) is 18.5 Å². The van der Waals surface area contributed by atoms with Crippen LogP contribution >= 0.6 is 0 Å². The Hall–Kier alpha value is -1.30. The number of urea groups is 1. The van der Waals surface area contributed by atoms with Crippen LogP contribution in [0.2, 0.25) is 0 Å². The summed E-state index contributed by atoms with van der Waals surface area (Å²) < 4.78 is 0. The number of β-amino-alcohol motifs (C(OH)–C–C–N with tert-alkyl or cyclic N) is 1. The average Bonchev–Trinajstić information content (AvgIpc) is 3.12. The summed E-state index contributed by atoms with van der Waals surface area (Å²) in [7, 11) is 0. The number of nitrogens with zero attached hydrogens (tertiary/aromatic N) is 1. The molecule has 1 saturated heterocycles. The van der Waals surface area contributed by atoms with E-state index in [0.717, 1.165) is 19.3 Å². The van der Waals surface area contributed by atoms with Gasteiger partial charge in [0.05, 0.1) is 6.10 Å². The predicted molar refractivity (Wildman–Crippen MR) is 64.1 cm³/mol. The number of carbonyl (C=O) groups is 2. The van der Waals surface area contributed by atoms with Crippen LogP contribution < -0.4 is 5.32 Å². The Morgan fingerprint density at radius 1 is 1.33 bits per heavy atom. The Kier molecular flexibility index (Phi) is 3.47. The highest BCUT2D eigenvalue weighted by Crippen LogP contribution is 2.39. The molecule has 102 valence electrons. The van der Waals surface area contributed by atoms with Crippen molar-refractivity contribution in [2.75, 3.05) is 13.1 Å². The molecule has 6 heteroatoms. The first-order valence-corrected chi connectivity index (χ1v) is 6.42. The fraction of sp³-hybridized carbons (Fsp3) is 0.833. The van der Waals surface area contributed by atoms with Crippen LogP contribution in [0.25, 0.3) is 0 Å². The number of piperidine rings is 1. The molecule has 0 radical (unpaired) electrons. The van der Waals surface area contributed by atoms with E-state index in [1.54, 1.807) is 6.92 Å². The molecule has 2 unspecified atom stereocenters. The molecule has 0 spiro atoms. The Bertz CT molecular complexity index is 356. The maximum Gasteiger partial charge on any atom is 0.329 e. The quantitative estimate of drug-likeness (QED) is 0.682. The SMILES string of the molecule is CC(NC(=O)N1CCCC(O)C1)(C(=O)O)C1CC1. The normalized spacial score (nSPS) is 27.4. The number of amides is 2. The summed E-state index contributed by atoms with van der Waals surface area (Å²) in [6.45, 7) is 2.42. The lowest BCUT2D eigenvalue weighted by molar-refractivity contribution is -0.144. The number of carbonyl (C=O) groups excluding carboxylic acids is 1. The highest BCUT2D eigenvalue weighted by atomic mass is 16.4. The van der Waals surface area contributed by atoms with Crippen molar-refractivity contribution in [2.24, 2.45) is 5.92 Å². The van der Waals surface area contributed by atoms with Gasteiger partial charge in [0.2, 0.25) is 0 Å². The third-order valence-corrected chi connectivity index (χ3v) is 3.89. The summed E-state index contributed by atoms with van der Waals surface area (Å²) in [5, 5.41) is 21.4. The van der Waals surface area contributed by atoms with Gasteiger partial charge in [0.25, 0.3) is 0 Å². The van der Waals surface area contributed by atoms with Crippen LogP contribution in [-0.4, -0.2) is 51.8 Å². The minimum Gasteiger partial charge on any atom is -0.480 e. The zero-order valence-electron chi connectivity index (χ0n) is 10.6. The molecule has 1 aliphatic carbocycles. The molecule has 0 aromatic rings. The summed E-state index contributed by atoms with van der Waals surface area (Å²) in [5.74, 6) is -0.968. The van der Waals surface area contributed by atoms with Crippen molar-refractivity contribution >= 4 is 12.0 Å². The molecule has 18 heavy (non-hydrogen) atoms. The van der Waals surface area contributed by atoms with E-state index in [1.807, 2.05) is 0 Å². The standard InChI is InChI=1S/C12H20N2O4/c1-12(10(16)17,8-4-5-8)13-11(18)14-6-2-3-9(15)7-14/h8-9,15H,2-7H2,1H3,(H,13,18)(H,16,17).